The summed E-state index contributed by atoms with van der Waals surface area (Å²) < 4.78 is 37.6. The zero-order valence-electron chi connectivity index (χ0n) is 19.8. The third-order valence-corrected chi connectivity index (χ3v) is 4.72. The first-order valence-electron chi connectivity index (χ1n) is 10.4. The number of hydrogen-bond donors (Lipinski definition) is 1. The summed E-state index contributed by atoms with van der Waals surface area (Å²) in [5, 5.41) is 2.58. The fourth-order valence-corrected chi connectivity index (χ4v) is 3.45. The summed E-state index contributed by atoms with van der Waals surface area (Å²) in [6.45, 7) is 4.23. The average Bonchev–Trinajstić information content (AvgIpc) is 2.76. The van der Waals surface area contributed by atoms with Crippen molar-refractivity contribution >= 4 is 41.3 Å². The Kier molecular flexibility index (Phi) is 10.2. The van der Waals surface area contributed by atoms with Gasteiger partial charge in [-0.25, -0.2) is 0 Å². The molecule has 5 atom stereocenters. The van der Waals surface area contributed by atoms with Gasteiger partial charge in [-0.15, -0.1) is 0 Å². The van der Waals surface area contributed by atoms with Gasteiger partial charge in [0.15, 0.2) is 24.5 Å². The average molecular weight is 514 g/mol. The first-order chi connectivity index (χ1) is 16.5. The van der Waals surface area contributed by atoms with Crippen LogP contribution in [0, 0.1) is 0 Å². The van der Waals surface area contributed by atoms with Crippen molar-refractivity contribution in [2.45, 2.75) is 58.3 Å². The predicted octanol–water partition coefficient (Wildman–Crippen LogP) is 1.03. The van der Waals surface area contributed by atoms with Gasteiger partial charge in [-0.05, 0) is 36.5 Å². The first-order valence-corrected chi connectivity index (χ1v) is 10.8. The molecule has 0 bridgehead atoms. The summed E-state index contributed by atoms with van der Waals surface area (Å²) in [4.78, 5) is 46.9. The molecule has 1 heterocycles. The molecule has 0 unspecified atom stereocenters. The Balaban J connectivity index is 2.33. The van der Waals surface area contributed by atoms with E-state index in [1.165, 1.54) is 14.0 Å². The van der Waals surface area contributed by atoms with Gasteiger partial charge in [0.05, 0.1) is 7.11 Å². The van der Waals surface area contributed by atoms with Crippen molar-refractivity contribution in [3.8, 4) is 11.5 Å². The maximum Gasteiger partial charge on any atom is 0.303 e. The van der Waals surface area contributed by atoms with Gasteiger partial charge < -0.3 is 38.5 Å². The molecule has 0 saturated carbocycles. The van der Waals surface area contributed by atoms with E-state index in [0.29, 0.717) is 11.5 Å². The highest BCUT2D eigenvalue weighted by molar-refractivity contribution is 7.80. The van der Waals surface area contributed by atoms with E-state index in [2.05, 4.69) is 5.32 Å². The lowest BCUT2D eigenvalue weighted by molar-refractivity contribution is -0.255. The Morgan fingerprint density at radius 2 is 1.34 bits per heavy atom. The maximum atomic E-state index is 11.9. The second kappa shape index (κ2) is 12.9. The topological polar surface area (TPSA) is 145 Å². The molecule has 1 N–H and O–H groups in total. The van der Waals surface area contributed by atoms with Gasteiger partial charge in [0.1, 0.15) is 24.2 Å². The molecule has 192 valence electrons. The predicted molar refractivity (Wildman–Crippen MR) is 121 cm³/mol. The van der Waals surface area contributed by atoms with E-state index in [1.807, 2.05) is 0 Å². The molecule has 1 fully saturated rings. The van der Waals surface area contributed by atoms with Crippen LogP contribution in [0.15, 0.2) is 24.3 Å². The molecule has 1 saturated heterocycles. The Morgan fingerprint density at radius 3 is 1.86 bits per heavy atom. The summed E-state index contributed by atoms with van der Waals surface area (Å²) in [5.74, 6) is -1.85. The van der Waals surface area contributed by atoms with Crippen LogP contribution in [0.4, 0.5) is 0 Å². The number of methoxy groups -OCH3 is 1. The Morgan fingerprint density at radius 1 is 0.829 bits per heavy atom. The smallest absolute Gasteiger partial charge is 0.303 e. The number of ether oxygens (including phenoxy) is 7. The van der Waals surface area contributed by atoms with Crippen LogP contribution in [-0.4, -0.2) is 73.4 Å². The first kappa shape index (κ1) is 27.8. The number of carbonyl (C=O) groups is 4. The summed E-state index contributed by atoms with van der Waals surface area (Å²) >= 11 is 5.25. The minimum atomic E-state index is -1.32. The van der Waals surface area contributed by atoms with E-state index in [0.717, 1.165) is 20.8 Å². The molecule has 0 amide bonds. The summed E-state index contributed by atoms with van der Waals surface area (Å²) in [7, 11) is 1.52. The van der Waals surface area contributed by atoms with Crippen LogP contribution in [0.1, 0.15) is 27.7 Å². The number of esters is 4. The third-order valence-electron chi connectivity index (χ3n) is 4.52. The molecule has 0 radical (unpaired) electrons. The van der Waals surface area contributed by atoms with Crippen LogP contribution in [0.5, 0.6) is 11.5 Å². The second-order valence-electron chi connectivity index (χ2n) is 7.33. The lowest BCUT2D eigenvalue weighted by Gasteiger charge is -2.44. The fraction of sp³-hybridized carbons (Fsp3) is 0.500. The molecular weight excluding hydrogens is 486 g/mol. The van der Waals surface area contributed by atoms with Crippen molar-refractivity contribution in [3.05, 3.63) is 24.3 Å². The van der Waals surface area contributed by atoms with Gasteiger partial charge in [0.25, 0.3) is 5.17 Å². The van der Waals surface area contributed by atoms with Crippen LogP contribution in [0.2, 0.25) is 0 Å². The quantitative estimate of drug-likeness (QED) is 0.300. The van der Waals surface area contributed by atoms with Gasteiger partial charge in [-0.1, -0.05) is 0 Å². The number of nitrogens with one attached hydrogen (secondary N) is 1. The molecule has 2 rings (SSSR count). The molecule has 0 aromatic heterocycles. The monoisotopic (exact) mass is 513 g/mol. The van der Waals surface area contributed by atoms with E-state index >= 15 is 0 Å². The van der Waals surface area contributed by atoms with E-state index in [9.17, 15) is 19.2 Å². The highest BCUT2D eigenvalue weighted by Crippen LogP contribution is 2.28. The molecule has 13 heteroatoms. The molecule has 12 nitrogen and oxygen atoms in total. The van der Waals surface area contributed by atoms with Crippen molar-refractivity contribution in [1.29, 1.82) is 0 Å². The number of thiocarbonyl (C=S) groups is 1. The summed E-state index contributed by atoms with van der Waals surface area (Å²) in [5.41, 5.74) is 0. The maximum absolute atomic E-state index is 11.9. The summed E-state index contributed by atoms with van der Waals surface area (Å²) in [6, 6.07) is 6.54. The van der Waals surface area contributed by atoms with Crippen LogP contribution in [-0.2, 0) is 42.9 Å². The lowest BCUT2D eigenvalue weighted by Crippen LogP contribution is -2.66. The molecule has 0 aliphatic carbocycles. The number of carbonyl (C=O) groups excluding carboxylic acids is 4. The Hall–Kier alpha value is -3.45. The van der Waals surface area contributed by atoms with Gasteiger partial charge >= 0.3 is 23.9 Å². The second-order valence-corrected chi connectivity index (χ2v) is 7.70. The third kappa shape index (κ3) is 8.68. The molecule has 1 aromatic rings. The molecule has 35 heavy (non-hydrogen) atoms. The highest BCUT2D eigenvalue weighted by atomic mass is 32.1. The minimum absolute atomic E-state index is 0.170. The lowest BCUT2D eigenvalue weighted by atomic mass is 9.97. The van der Waals surface area contributed by atoms with Crippen LogP contribution in [0.25, 0.3) is 0 Å². The van der Waals surface area contributed by atoms with Crippen molar-refractivity contribution in [1.82, 2.24) is 5.32 Å². The van der Waals surface area contributed by atoms with Crippen LogP contribution < -0.4 is 14.8 Å². The molecule has 0 spiro atoms. The SMILES string of the molecule is COc1ccc(OC(=S)N[C@@H]2O[C@H](COC(C)=O)[C@H](OC(C)=O)[C@@H](OC(C)=O)[C@H]2OC(C)=O)cc1. The Labute approximate surface area is 207 Å². The normalized spacial score (nSPS) is 23.3. The fourth-order valence-electron chi connectivity index (χ4n) is 3.24. The largest absolute Gasteiger partial charge is 0.497 e. The van der Waals surface area contributed by atoms with Crippen molar-refractivity contribution < 1.29 is 52.3 Å². The van der Waals surface area contributed by atoms with E-state index in [1.54, 1.807) is 24.3 Å². The molecule has 1 aliphatic heterocycles. The van der Waals surface area contributed by atoms with E-state index in [-0.39, 0.29) is 11.8 Å². The van der Waals surface area contributed by atoms with Crippen LogP contribution >= 0.6 is 12.2 Å². The molecule has 1 aromatic carbocycles. The van der Waals surface area contributed by atoms with Crippen molar-refractivity contribution in [3.63, 3.8) is 0 Å². The highest BCUT2D eigenvalue weighted by Gasteiger charge is 2.52. The zero-order chi connectivity index (χ0) is 26.1. The van der Waals surface area contributed by atoms with Gasteiger partial charge in [-0.2, -0.15) is 0 Å². The number of benzene rings is 1. The van der Waals surface area contributed by atoms with Gasteiger partial charge in [0, 0.05) is 27.7 Å². The van der Waals surface area contributed by atoms with E-state index in [4.69, 9.17) is 45.4 Å². The van der Waals surface area contributed by atoms with Crippen molar-refractivity contribution in [2.24, 2.45) is 0 Å². The number of hydrogen-bond acceptors (Lipinski definition) is 12. The minimum Gasteiger partial charge on any atom is -0.497 e. The van der Waals surface area contributed by atoms with Crippen LogP contribution in [0.3, 0.4) is 0 Å². The standard InChI is InChI=1S/C22H27NO11S/c1-11(24)29-10-17-18(30-12(2)25)19(31-13(3)26)20(32-14(4)27)21(34-17)23-22(35)33-16-8-6-15(28-5)7-9-16/h6-9,17-21H,10H2,1-5H3,(H,23,35)/t17-,18+,19-,20-,21-/m1/s1. The van der Waals surface area contributed by atoms with Gasteiger partial charge in [0.2, 0.25) is 0 Å². The molecular formula is C22H27NO11S. The van der Waals surface area contributed by atoms with Crippen molar-refractivity contribution in [2.75, 3.05) is 13.7 Å². The van der Waals surface area contributed by atoms with E-state index < -0.39 is 54.5 Å². The Bertz CT molecular complexity index is 936. The number of rotatable bonds is 8. The zero-order valence-corrected chi connectivity index (χ0v) is 20.6. The summed E-state index contributed by atoms with van der Waals surface area (Å²) in [6.07, 6.45) is -6.25. The van der Waals surface area contributed by atoms with Gasteiger partial charge in [-0.3, -0.25) is 19.2 Å². The molecule has 1 aliphatic rings.